The van der Waals surface area contributed by atoms with Gasteiger partial charge in [-0.3, -0.25) is 14.8 Å². The van der Waals surface area contributed by atoms with Crippen LogP contribution < -0.4 is 0 Å². The zero-order valence-electron chi connectivity index (χ0n) is 10.8. The normalized spacial score (nSPS) is 11.4. The summed E-state index contributed by atoms with van der Waals surface area (Å²) in [6.45, 7) is 0. The summed E-state index contributed by atoms with van der Waals surface area (Å²) >= 11 is 0. The van der Waals surface area contributed by atoms with E-state index in [2.05, 4.69) is 5.10 Å². The summed E-state index contributed by atoms with van der Waals surface area (Å²) in [6.07, 6.45) is 3.56. The van der Waals surface area contributed by atoms with E-state index in [0.29, 0.717) is 0 Å². The predicted molar refractivity (Wildman–Crippen MR) is 72.1 cm³/mol. The maximum Gasteiger partial charge on any atom is 0.287 e. The molecule has 7 nitrogen and oxygen atoms in total. The molecule has 0 spiro atoms. The Morgan fingerprint density at radius 1 is 1.35 bits per heavy atom. The molecule has 0 fully saturated rings. The lowest BCUT2D eigenvalue weighted by molar-refractivity contribution is -0.387. The van der Waals surface area contributed by atoms with Gasteiger partial charge in [-0.25, -0.2) is 8.42 Å². The Morgan fingerprint density at radius 2 is 2.05 bits per heavy atom. The van der Waals surface area contributed by atoms with Crippen LogP contribution in [0.25, 0.3) is 0 Å². The van der Waals surface area contributed by atoms with Gasteiger partial charge in [0.15, 0.2) is 9.84 Å². The molecule has 0 amide bonds. The largest absolute Gasteiger partial charge is 0.287 e. The Kier molecular flexibility index (Phi) is 3.84. The van der Waals surface area contributed by atoms with Gasteiger partial charge < -0.3 is 0 Å². The second-order valence-corrected chi connectivity index (χ2v) is 6.39. The number of hydrogen-bond donors (Lipinski definition) is 0. The molecule has 0 unspecified atom stereocenters. The third-order valence-electron chi connectivity index (χ3n) is 2.81. The summed E-state index contributed by atoms with van der Waals surface area (Å²) in [5.41, 5.74) is 0.383. The molecule has 0 saturated heterocycles. The Balaban J connectivity index is 2.25. The molecule has 1 aromatic heterocycles. The van der Waals surface area contributed by atoms with Gasteiger partial charge in [-0.15, -0.1) is 0 Å². The highest BCUT2D eigenvalue weighted by Crippen LogP contribution is 2.24. The Hall–Kier alpha value is -2.22. The molecule has 0 saturated carbocycles. The van der Waals surface area contributed by atoms with Gasteiger partial charge in [0.1, 0.15) is 4.90 Å². The first-order chi connectivity index (χ1) is 9.40. The van der Waals surface area contributed by atoms with Gasteiger partial charge in [-0.2, -0.15) is 5.10 Å². The van der Waals surface area contributed by atoms with Crippen molar-refractivity contribution in [1.82, 2.24) is 9.78 Å². The van der Waals surface area contributed by atoms with Crippen LogP contribution in [0, 0.1) is 10.1 Å². The van der Waals surface area contributed by atoms with Crippen LogP contribution in [0.3, 0.4) is 0 Å². The minimum atomic E-state index is -3.70. The Labute approximate surface area is 115 Å². The van der Waals surface area contributed by atoms with Crippen molar-refractivity contribution < 1.29 is 13.3 Å². The van der Waals surface area contributed by atoms with Crippen molar-refractivity contribution in [3.63, 3.8) is 0 Å². The number of nitro benzene ring substituents is 1. The Bertz CT molecular complexity index is 737. The van der Waals surface area contributed by atoms with Crippen LogP contribution in [0.1, 0.15) is 5.56 Å². The maximum atomic E-state index is 12.2. The zero-order chi connectivity index (χ0) is 14.8. The molecule has 2 aromatic rings. The maximum absolute atomic E-state index is 12.2. The molecule has 0 atom stereocenters. The third kappa shape index (κ3) is 3.02. The van der Waals surface area contributed by atoms with Crippen LogP contribution in [0.5, 0.6) is 0 Å². The molecule has 2 rings (SSSR count). The highest BCUT2D eigenvalue weighted by atomic mass is 32.2. The molecule has 1 heterocycles. The summed E-state index contributed by atoms with van der Waals surface area (Å²) in [6, 6.07) is 5.37. The number of aryl methyl sites for hydroxylation is 2. The van der Waals surface area contributed by atoms with Crippen LogP contribution in [0.15, 0.2) is 41.6 Å². The van der Waals surface area contributed by atoms with Crippen molar-refractivity contribution in [2.75, 3.05) is 5.75 Å². The number of sulfone groups is 1. The van der Waals surface area contributed by atoms with Crippen LogP contribution in [0.4, 0.5) is 5.69 Å². The number of para-hydroxylation sites is 1. The lowest BCUT2D eigenvalue weighted by atomic mass is 10.3. The van der Waals surface area contributed by atoms with Crippen LogP contribution >= 0.6 is 0 Å². The lowest BCUT2D eigenvalue weighted by Gasteiger charge is -2.04. The summed E-state index contributed by atoms with van der Waals surface area (Å²) in [4.78, 5) is 9.95. The van der Waals surface area contributed by atoms with Crippen LogP contribution in [-0.4, -0.2) is 28.9 Å². The van der Waals surface area contributed by atoms with Crippen molar-refractivity contribution in [1.29, 1.82) is 0 Å². The highest BCUT2D eigenvalue weighted by Gasteiger charge is 2.24. The highest BCUT2D eigenvalue weighted by molar-refractivity contribution is 7.91. The second kappa shape index (κ2) is 5.41. The molecule has 0 aliphatic rings. The molecule has 20 heavy (non-hydrogen) atoms. The average Bonchev–Trinajstić information content (AvgIpc) is 2.82. The first-order valence-electron chi connectivity index (χ1n) is 5.84. The van der Waals surface area contributed by atoms with Gasteiger partial charge in [-0.05, 0) is 18.1 Å². The van der Waals surface area contributed by atoms with Crippen LogP contribution in [-0.2, 0) is 23.3 Å². The van der Waals surface area contributed by atoms with Crippen LogP contribution in [0.2, 0.25) is 0 Å². The standard InChI is InChI=1S/C12H13N3O4S/c1-14-9-10(8-13-14)6-7-20(18,19)12-5-3-2-4-11(12)15(16)17/h2-5,8-9H,6-7H2,1H3. The number of aromatic nitrogens is 2. The quantitative estimate of drug-likeness (QED) is 0.613. The lowest BCUT2D eigenvalue weighted by Crippen LogP contribution is -2.11. The minimum absolute atomic E-state index is 0.191. The van der Waals surface area contributed by atoms with E-state index in [9.17, 15) is 18.5 Å². The third-order valence-corrected chi connectivity index (χ3v) is 4.57. The number of benzene rings is 1. The smallest absolute Gasteiger partial charge is 0.276 e. The molecule has 0 N–H and O–H groups in total. The summed E-state index contributed by atoms with van der Waals surface area (Å²) in [7, 11) is -1.97. The van der Waals surface area contributed by atoms with E-state index in [4.69, 9.17) is 0 Å². The van der Waals surface area contributed by atoms with Gasteiger partial charge >= 0.3 is 0 Å². The molecule has 0 radical (unpaired) electrons. The first kappa shape index (κ1) is 14.2. The second-order valence-electron chi connectivity index (χ2n) is 4.32. The fourth-order valence-corrected chi connectivity index (χ4v) is 3.31. The molecular weight excluding hydrogens is 282 g/mol. The summed E-state index contributed by atoms with van der Waals surface area (Å²) in [5.74, 6) is -0.191. The van der Waals surface area contributed by atoms with E-state index in [-0.39, 0.29) is 17.1 Å². The van der Waals surface area contributed by atoms with E-state index in [1.165, 1.54) is 24.3 Å². The van der Waals surface area contributed by atoms with Crippen molar-refractivity contribution in [3.05, 3.63) is 52.3 Å². The Morgan fingerprint density at radius 3 is 2.65 bits per heavy atom. The van der Waals surface area contributed by atoms with E-state index in [1.807, 2.05) is 0 Å². The van der Waals surface area contributed by atoms with E-state index in [0.717, 1.165) is 5.56 Å². The molecule has 0 bridgehead atoms. The number of nitrogens with zero attached hydrogens (tertiary/aromatic N) is 3. The molecule has 0 aliphatic heterocycles. The van der Waals surface area contributed by atoms with Crippen molar-refractivity contribution in [2.24, 2.45) is 7.05 Å². The van der Waals surface area contributed by atoms with Crippen molar-refractivity contribution in [3.8, 4) is 0 Å². The van der Waals surface area contributed by atoms with Gasteiger partial charge in [0.25, 0.3) is 5.69 Å². The van der Waals surface area contributed by atoms with E-state index in [1.54, 1.807) is 24.1 Å². The van der Waals surface area contributed by atoms with Gasteiger partial charge in [-0.1, -0.05) is 12.1 Å². The fraction of sp³-hybridized carbons (Fsp3) is 0.250. The molecule has 8 heteroatoms. The molecular formula is C12H13N3O4S. The molecule has 106 valence electrons. The predicted octanol–water partition coefficient (Wildman–Crippen LogP) is 1.34. The van der Waals surface area contributed by atoms with E-state index < -0.39 is 20.4 Å². The fourth-order valence-electron chi connectivity index (χ4n) is 1.83. The van der Waals surface area contributed by atoms with Gasteiger partial charge in [0.2, 0.25) is 0 Å². The number of rotatable bonds is 5. The minimum Gasteiger partial charge on any atom is -0.276 e. The van der Waals surface area contributed by atoms with E-state index >= 15 is 0 Å². The van der Waals surface area contributed by atoms with Crippen molar-refractivity contribution in [2.45, 2.75) is 11.3 Å². The topological polar surface area (TPSA) is 95.1 Å². The van der Waals surface area contributed by atoms with Gasteiger partial charge in [0, 0.05) is 19.3 Å². The summed E-state index contributed by atoms with van der Waals surface area (Å²) < 4.78 is 26.0. The SMILES string of the molecule is Cn1cc(CCS(=O)(=O)c2ccccc2[N+](=O)[O-])cn1. The number of hydrogen-bond acceptors (Lipinski definition) is 5. The van der Waals surface area contributed by atoms with Crippen molar-refractivity contribution >= 4 is 15.5 Å². The number of nitro groups is 1. The zero-order valence-corrected chi connectivity index (χ0v) is 11.6. The first-order valence-corrected chi connectivity index (χ1v) is 7.49. The monoisotopic (exact) mass is 295 g/mol. The average molecular weight is 295 g/mol. The molecule has 1 aromatic carbocycles. The van der Waals surface area contributed by atoms with Gasteiger partial charge in [0.05, 0.1) is 16.9 Å². The molecule has 0 aliphatic carbocycles. The summed E-state index contributed by atoms with van der Waals surface area (Å²) in [5, 5.41) is 14.8.